The first-order valence-electron chi connectivity index (χ1n) is 8.01. The molecule has 0 bridgehead atoms. The van der Waals surface area contributed by atoms with Crippen molar-refractivity contribution in [2.45, 2.75) is 0 Å². The quantitative estimate of drug-likeness (QED) is 0.582. The molecule has 0 aliphatic heterocycles. The van der Waals surface area contributed by atoms with Crippen LogP contribution >= 0.6 is 22.9 Å². The standard InChI is InChI=1S/C20H17ClN2O3S/c1-25-15-7-3-13(4-8-15)5-10-19(24)23-20-22-17(12-27-20)14-6-9-18(26-2)16(21)11-14/h3-12H,1-2H3,(H,22,23,24)/b10-5+. The van der Waals surface area contributed by atoms with Crippen molar-refractivity contribution < 1.29 is 14.3 Å². The second-order valence-electron chi connectivity index (χ2n) is 5.48. The van der Waals surface area contributed by atoms with Gasteiger partial charge in [0.2, 0.25) is 5.91 Å². The second-order valence-corrected chi connectivity index (χ2v) is 6.75. The summed E-state index contributed by atoms with van der Waals surface area (Å²) < 4.78 is 10.3. The fourth-order valence-electron chi connectivity index (χ4n) is 2.32. The molecule has 1 heterocycles. The highest BCUT2D eigenvalue weighted by Gasteiger charge is 2.09. The predicted molar refractivity (Wildman–Crippen MR) is 110 cm³/mol. The number of nitrogens with one attached hydrogen (secondary N) is 1. The Bertz CT molecular complexity index is 968. The van der Waals surface area contributed by atoms with E-state index in [0.717, 1.165) is 22.6 Å². The molecular formula is C20H17ClN2O3S. The Morgan fingerprint density at radius 2 is 1.93 bits per heavy atom. The molecule has 5 nitrogen and oxygen atoms in total. The van der Waals surface area contributed by atoms with Gasteiger partial charge in [0.15, 0.2) is 5.13 Å². The first-order valence-corrected chi connectivity index (χ1v) is 9.27. The molecule has 27 heavy (non-hydrogen) atoms. The lowest BCUT2D eigenvalue weighted by molar-refractivity contribution is -0.111. The summed E-state index contributed by atoms with van der Waals surface area (Å²) in [4.78, 5) is 16.5. The summed E-state index contributed by atoms with van der Waals surface area (Å²) in [6.45, 7) is 0. The molecule has 0 atom stereocenters. The summed E-state index contributed by atoms with van der Waals surface area (Å²) in [5.41, 5.74) is 2.49. The number of nitrogens with zero attached hydrogens (tertiary/aromatic N) is 1. The van der Waals surface area contributed by atoms with Crippen molar-refractivity contribution in [2.24, 2.45) is 0 Å². The predicted octanol–water partition coefficient (Wildman–Crippen LogP) is 5.13. The number of amides is 1. The molecule has 0 aliphatic rings. The molecule has 7 heteroatoms. The van der Waals surface area contributed by atoms with Crippen molar-refractivity contribution in [2.75, 3.05) is 19.5 Å². The lowest BCUT2D eigenvalue weighted by Gasteiger charge is -2.04. The van der Waals surface area contributed by atoms with E-state index < -0.39 is 0 Å². The third-order valence-corrected chi connectivity index (χ3v) is 4.78. The Kier molecular flexibility index (Phi) is 6.11. The van der Waals surface area contributed by atoms with Gasteiger partial charge in [-0.05, 0) is 42.0 Å². The molecule has 0 saturated carbocycles. The van der Waals surface area contributed by atoms with Crippen LogP contribution in [-0.2, 0) is 4.79 Å². The second kappa shape index (κ2) is 8.70. The Hall–Kier alpha value is -2.83. The number of rotatable bonds is 6. The molecule has 1 amide bonds. The first-order chi connectivity index (χ1) is 13.1. The Labute approximate surface area is 166 Å². The van der Waals surface area contributed by atoms with Gasteiger partial charge in [-0.1, -0.05) is 23.7 Å². The van der Waals surface area contributed by atoms with Gasteiger partial charge < -0.3 is 9.47 Å². The van der Waals surface area contributed by atoms with Crippen LogP contribution in [0.5, 0.6) is 11.5 Å². The van der Waals surface area contributed by atoms with Gasteiger partial charge in [-0.15, -0.1) is 11.3 Å². The monoisotopic (exact) mass is 400 g/mol. The van der Waals surface area contributed by atoms with Gasteiger partial charge in [-0.25, -0.2) is 4.98 Å². The third kappa shape index (κ3) is 4.87. The van der Waals surface area contributed by atoms with Gasteiger partial charge in [0.1, 0.15) is 11.5 Å². The first kappa shape index (κ1) is 18.9. The van der Waals surface area contributed by atoms with E-state index in [1.807, 2.05) is 35.7 Å². The van der Waals surface area contributed by atoms with Crippen LogP contribution in [0.15, 0.2) is 53.9 Å². The van der Waals surface area contributed by atoms with Crippen molar-refractivity contribution >= 4 is 40.1 Å². The number of hydrogen-bond acceptors (Lipinski definition) is 5. The van der Waals surface area contributed by atoms with E-state index >= 15 is 0 Å². The minimum atomic E-state index is -0.250. The van der Waals surface area contributed by atoms with Crippen molar-refractivity contribution in [1.82, 2.24) is 4.98 Å². The van der Waals surface area contributed by atoms with Crippen molar-refractivity contribution in [1.29, 1.82) is 0 Å². The summed E-state index contributed by atoms with van der Waals surface area (Å²) in [6.07, 6.45) is 3.19. The minimum Gasteiger partial charge on any atom is -0.497 e. The fraction of sp³-hybridized carbons (Fsp3) is 0.100. The molecule has 0 radical (unpaired) electrons. The van der Waals surface area contributed by atoms with Crippen LogP contribution in [0.3, 0.4) is 0 Å². The highest BCUT2D eigenvalue weighted by atomic mass is 35.5. The number of anilines is 1. The van der Waals surface area contributed by atoms with Gasteiger partial charge in [0.25, 0.3) is 0 Å². The topological polar surface area (TPSA) is 60.5 Å². The number of thiazole rings is 1. The maximum Gasteiger partial charge on any atom is 0.250 e. The van der Waals surface area contributed by atoms with E-state index in [4.69, 9.17) is 21.1 Å². The number of halogens is 1. The Morgan fingerprint density at radius 1 is 1.15 bits per heavy atom. The highest BCUT2D eigenvalue weighted by molar-refractivity contribution is 7.14. The zero-order valence-electron chi connectivity index (χ0n) is 14.7. The molecule has 1 N–H and O–H groups in total. The molecule has 0 spiro atoms. The van der Waals surface area contributed by atoms with E-state index in [9.17, 15) is 4.79 Å². The van der Waals surface area contributed by atoms with Gasteiger partial charge in [0.05, 0.1) is 24.9 Å². The Balaban J connectivity index is 1.65. The molecule has 0 fully saturated rings. The molecule has 0 saturated heterocycles. The summed E-state index contributed by atoms with van der Waals surface area (Å²) in [7, 11) is 3.18. The van der Waals surface area contributed by atoms with Crippen LogP contribution in [0.1, 0.15) is 5.56 Å². The maximum absolute atomic E-state index is 12.1. The lowest BCUT2D eigenvalue weighted by atomic mass is 10.2. The number of hydrogen-bond donors (Lipinski definition) is 1. The summed E-state index contributed by atoms with van der Waals surface area (Å²) in [5, 5.41) is 5.65. The number of benzene rings is 2. The molecule has 3 rings (SSSR count). The molecule has 0 unspecified atom stereocenters. The van der Waals surface area contributed by atoms with Crippen molar-refractivity contribution in [3.05, 3.63) is 64.5 Å². The van der Waals surface area contributed by atoms with Crippen LogP contribution in [0.25, 0.3) is 17.3 Å². The third-order valence-electron chi connectivity index (χ3n) is 3.72. The maximum atomic E-state index is 12.1. The van der Waals surface area contributed by atoms with E-state index in [0.29, 0.717) is 15.9 Å². The summed E-state index contributed by atoms with van der Waals surface area (Å²) in [5.74, 6) is 1.12. The average Bonchev–Trinajstić information content (AvgIpc) is 3.15. The number of carbonyl (C=O) groups excluding carboxylic acids is 1. The van der Waals surface area contributed by atoms with Gasteiger partial charge in [0, 0.05) is 17.0 Å². The van der Waals surface area contributed by atoms with Crippen molar-refractivity contribution in [3.8, 4) is 22.8 Å². The van der Waals surface area contributed by atoms with Gasteiger partial charge in [-0.3, -0.25) is 10.1 Å². The Morgan fingerprint density at radius 3 is 2.59 bits per heavy atom. The zero-order valence-corrected chi connectivity index (χ0v) is 16.3. The molecule has 2 aromatic carbocycles. The van der Waals surface area contributed by atoms with Crippen LogP contribution in [0.4, 0.5) is 5.13 Å². The number of aromatic nitrogens is 1. The lowest BCUT2D eigenvalue weighted by Crippen LogP contribution is -2.07. The van der Waals surface area contributed by atoms with E-state index in [1.165, 1.54) is 17.4 Å². The van der Waals surface area contributed by atoms with Gasteiger partial charge in [-0.2, -0.15) is 0 Å². The summed E-state index contributed by atoms with van der Waals surface area (Å²) in [6, 6.07) is 12.9. The smallest absolute Gasteiger partial charge is 0.250 e. The zero-order chi connectivity index (χ0) is 19.2. The van der Waals surface area contributed by atoms with Crippen LogP contribution in [0, 0.1) is 0 Å². The van der Waals surface area contributed by atoms with Crippen molar-refractivity contribution in [3.63, 3.8) is 0 Å². The average molecular weight is 401 g/mol. The molecule has 0 aliphatic carbocycles. The molecule has 138 valence electrons. The van der Waals surface area contributed by atoms with Crippen LogP contribution in [0.2, 0.25) is 5.02 Å². The number of ether oxygens (including phenoxy) is 2. The minimum absolute atomic E-state index is 0.250. The van der Waals surface area contributed by atoms with E-state index in [-0.39, 0.29) is 5.91 Å². The van der Waals surface area contributed by atoms with E-state index in [1.54, 1.807) is 32.4 Å². The fourth-order valence-corrected chi connectivity index (χ4v) is 3.30. The van der Waals surface area contributed by atoms with Crippen LogP contribution in [-0.4, -0.2) is 25.1 Å². The largest absolute Gasteiger partial charge is 0.497 e. The highest BCUT2D eigenvalue weighted by Crippen LogP contribution is 2.31. The summed E-state index contributed by atoms with van der Waals surface area (Å²) >= 11 is 7.50. The molecule has 1 aromatic heterocycles. The van der Waals surface area contributed by atoms with Crippen LogP contribution < -0.4 is 14.8 Å². The number of carbonyl (C=O) groups is 1. The number of methoxy groups -OCH3 is 2. The molecular weight excluding hydrogens is 384 g/mol. The van der Waals surface area contributed by atoms with E-state index in [2.05, 4.69) is 10.3 Å². The van der Waals surface area contributed by atoms with Gasteiger partial charge >= 0.3 is 0 Å². The molecule has 3 aromatic rings. The normalized spacial score (nSPS) is 10.8. The SMILES string of the molecule is COc1ccc(/C=C/C(=O)Nc2nc(-c3ccc(OC)c(Cl)c3)cs2)cc1.